The molecule has 0 spiro atoms. The van der Waals surface area contributed by atoms with Gasteiger partial charge in [-0.15, -0.1) is 5.10 Å². The van der Waals surface area contributed by atoms with E-state index >= 15 is 0 Å². The van der Waals surface area contributed by atoms with Crippen LogP contribution in [0.15, 0.2) is 108 Å². The van der Waals surface area contributed by atoms with Gasteiger partial charge >= 0.3 is 12.1 Å². The van der Waals surface area contributed by atoms with Gasteiger partial charge in [0.2, 0.25) is 11.1 Å². The highest BCUT2D eigenvalue weighted by Crippen LogP contribution is 2.40. The molecule has 2 fully saturated rings. The van der Waals surface area contributed by atoms with Crippen molar-refractivity contribution in [3.63, 3.8) is 0 Å². The number of nitrogens with zero attached hydrogens (tertiary/aromatic N) is 5. The van der Waals surface area contributed by atoms with Crippen molar-refractivity contribution < 1.29 is 37.3 Å². The van der Waals surface area contributed by atoms with Gasteiger partial charge in [0.25, 0.3) is 0 Å². The molecule has 15 heteroatoms. The normalized spacial score (nSPS) is 20.2. The number of halogens is 3. The zero-order valence-corrected chi connectivity index (χ0v) is 29.7. The van der Waals surface area contributed by atoms with E-state index in [1.165, 1.54) is 11.8 Å². The molecule has 280 valence electrons. The average molecular weight is 759 g/mol. The number of hydrogen-bond acceptors (Lipinski definition) is 9. The number of hydrogen-bond donors (Lipinski definition) is 2. The fourth-order valence-corrected chi connectivity index (χ4v) is 7.62. The molecule has 54 heavy (non-hydrogen) atoms. The molecular weight excluding hydrogens is 722 g/mol. The number of para-hydroxylation sites is 1. The minimum atomic E-state index is -5.04. The smallest absolute Gasteiger partial charge is 0.392 e. The minimum Gasteiger partial charge on any atom is -0.392 e. The average Bonchev–Trinajstić information content (AvgIpc) is 3.90. The number of nitrogens with one attached hydrogen (secondary N) is 1. The predicted octanol–water partition coefficient (Wildman–Crippen LogP) is 6.33. The molecule has 4 atom stereocenters. The third kappa shape index (κ3) is 8.49. The van der Waals surface area contributed by atoms with Crippen LogP contribution in [0.2, 0.25) is 0 Å². The molecule has 7 rings (SSSR count). The number of likely N-dealkylation sites (tertiary alicyclic amines) is 1. The van der Waals surface area contributed by atoms with Crippen LogP contribution in [-0.2, 0) is 32.2 Å². The van der Waals surface area contributed by atoms with Crippen molar-refractivity contribution >= 4 is 23.6 Å². The molecule has 2 N–H and O–H groups in total. The first kappa shape index (κ1) is 37.2. The lowest BCUT2D eigenvalue weighted by Gasteiger charge is -2.36. The lowest BCUT2D eigenvalue weighted by atomic mass is 9.97. The van der Waals surface area contributed by atoms with Crippen LogP contribution in [0, 0.1) is 0 Å². The molecule has 0 saturated carbocycles. The van der Waals surface area contributed by atoms with Gasteiger partial charge in [-0.25, -0.2) is 0 Å². The van der Waals surface area contributed by atoms with Crippen LogP contribution in [0.4, 0.5) is 13.2 Å². The van der Waals surface area contributed by atoms with E-state index in [0.717, 1.165) is 39.1 Å². The zero-order chi connectivity index (χ0) is 37.7. The van der Waals surface area contributed by atoms with E-state index in [2.05, 4.69) is 20.8 Å². The van der Waals surface area contributed by atoms with E-state index in [1.807, 2.05) is 103 Å². The fourth-order valence-electron chi connectivity index (χ4n) is 6.71. The number of carbonyl (C=O) groups is 2. The topological polar surface area (TPSA) is 132 Å². The molecule has 2 aliphatic rings. The highest BCUT2D eigenvalue weighted by Gasteiger charge is 2.47. The van der Waals surface area contributed by atoms with E-state index < -0.39 is 30.3 Å². The van der Waals surface area contributed by atoms with Gasteiger partial charge in [-0.2, -0.15) is 17.9 Å². The molecule has 4 aromatic carbocycles. The molecule has 2 amide bonds. The summed E-state index contributed by atoms with van der Waals surface area (Å²) in [7, 11) is 0. The van der Waals surface area contributed by atoms with Crippen molar-refractivity contribution in [2.45, 2.75) is 68.3 Å². The third-order valence-corrected chi connectivity index (χ3v) is 10.5. The monoisotopic (exact) mass is 758 g/mol. The quantitative estimate of drug-likeness (QED) is 0.149. The summed E-state index contributed by atoms with van der Waals surface area (Å²) in [4.78, 5) is 25.5. The Labute approximate surface area is 313 Å². The first-order valence-corrected chi connectivity index (χ1v) is 18.5. The molecule has 1 aromatic heterocycles. The number of benzene rings is 4. The number of rotatable bonds is 11. The number of tetrazole rings is 1. The van der Waals surface area contributed by atoms with E-state index in [9.17, 15) is 27.9 Å². The standard InChI is InChI=1S/C39H37F3N6O5S/c40-39(41,42)37(51)47-20-6-11-33(47)35(50)43-22-29-7-4-5-10-32(29)26-16-18-28(19-17-26)36-52-31(21-34(53-36)27-14-12-25(23-49)13-15-27)24-54-38-44-45-46-48(38)30-8-2-1-3-9-30/h1-5,7-10,12-19,31,33-34,36,49H,6,11,20-24H2,(H,43,50)/t31-,33+,34+,36+/m1/s1. The maximum Gasteiger partial charge on any atom is 0.471 e. The van der Waals surface area contributed by atoms with Gasteiger partial charge in [-0.05, 0) is 63.2 Å². The Bertz CT molecular complexity index is 2050. The van der Waals surface area contributed by atoms with Gasteiger partial charge in [0, 0.05) is 30.8 Å². The van der Waals surface area contributed by atoms with Crippen LogP contribution < -0.4 is 5.32 Å². The molecule has 0 aliphatic carbocycles. The molecule has 5 aromatic rings. The minimum absolute atomic E-state index is 0.0587. The summed E-state index contributed by atoms with van der Waals surface area (Å²) < 4.78 is 54.1. The Morgan fingerprint density at radius 1 is 0.907 bits per heavy atom. The molecule has 11 nitrogen and oxygen atoms in total. The summed E-state index contributed by atoms with van der Waals surface area (Å²) >= 11 is 1.49. The Balaban J connectivity index is 1.06. The zero-order valence-electron chi connectivity index (χ0n) is 28.9. The summed E-state index contributed by atoms with van der Waals surface area (Å²) in [5.74, 6) is -2.06. The van der Waals surface area contributed by atoms with Gasteiger partial charge in [0.1, 0.15) is 6.04 Å². The van der Waals surface area contributed by atoms with Crippen molar-refractivity contribution in [1.82, 2.24) is 30.4 Å². The highest BCUT2D eigenvalue weighted by atomic mass is 32.2. The van der Waals surface area contributed by atoms with Crippen LogP contribution in [0.25, 0.3) is 16.8 Å². The lowest BCUT2D eigenvalue weighted by Crippen LogP contribution is -2.50. The highest BCUT2D eigenvalue weighted by molar-refractivity contribution is 7.99. The number of alkyl halides is 3. The Morgan fingerprint density at radius 2 is 1.63 bits per heavy atom. The summed E-state index contributed by atoms with van der Waals surface area (Å²) in [6.45, 7) is -0.102. The van der Waals surface area contributed by atoms with Crippen LogP contribution in [0.5, 0.6) is 0 Å². The van der Waals surface area contributed by atoms with Gasteiger partial charge in [-0.1, -0.05) is 103 Å². The third-order valence-electron chi connectivity index (χ3n) is 9.48. The number of amides is 2. The second-order valence-corrected chi connectivity index (χ2v) is 14.0. The van der Waals surface area contributed by atoms with Crippen LogP contribution in [-0.4, -0.2) is 72.6 Å². The van der Waals surface area contributed by atoms with E-state index in [4.69, 9.17) is 9.47 Å². The Hall–Kier alpha value is -5.09. The van der Waals surface area contributed by atoms with Gasteiger partial charge < -0.3 is 24.8 Å². The first-order valence-electron chi connectivity index (χ1n) is 17.5. The van der Waals surface area contributed by atoms with Crippen molar-refractivity contribution in [2.75, 3.05) is 12.3 Å². The van der Waals surface area contributed by atoms with Gasteiger partial charge in [0.05, 0.1) is 24.5 Å². The number of aromatic nitrogens is 4. The summed E-state index contributed by atoms with van der Waals surface area (Å²) in [6.07, 6.45) is -5.19. The Kier molecular flexibility index (Phi) is 11.4. The maximum absolute atomic E-state index is 13.1. The number of aliphatic hydroxyl groups is 1. The van der Waals surface area contributed by atoms with Gasteiger partial charge in [-0.3, -0.25) is 9.59 Å². The lowest BCUT2D eigenvalue weighted by molar-refractivity contribution is -0.245. The van der Waals surface area contributed by atoms with Crippen molar-refractivity contribution in [2.24, 2.45) is 0 Å². The molecule has 0 radical (unpaired) electrons. The van der Waals surface area contributed by atoms with Gasteiger partial charge in [0.15, 0.2) is 6.29 Å². The molecule has 0 bridgehead atoms. The number of aliphatic hydroxyl groups excluding tert-OH is 1. The number of thioether (sulfide) groups is 1. The summed E-state index contributed by atoms with van der Waals surface area (Å²) in [6, 6.07) is 31.3. The van der Waals surface area contributed by atoms with Crippen molar-refractivity contribution in [3.8, 4) is 16.8 Å². The molecule has 3 heterocycles. The second kappa shape index (κ2) is 16.5. The van der Waals surface area contributed by atoms with E-state index in [1.54, 1.807) is 4.68 Å². The van der Waals surface area contributed by atoms with Crippen molar-refractivity contribution in [1.29, 1.82) is 0 Å². The van der Waals surface area contributed by atoms with Crippen LogP contribution in [0.1, 0.15) is 53.9 Å². The molecular formula is C39H37F3N6O5S. The molecule has 0 unspecified atom stereocenters. The SMILES string of the molecule is O=C(NCc1ccccc1-c1ccc([C@H]2O[C@@H](CSc3nnnn3-c3ccccc3)C[C@@H](c3ccc(CO)cc3)O2)cc1)[C@@H]1CCCN1C(=O)C(F)(F)F. The van der Waals surface area contributed by atoms with Crippen LogP contribution in [0.3, 0.4) is 0 Å². The number of carbonyl (C=O) groups excluding carboxylic acids is 2. The molecule has 2 aliphatic heterocycles. The largest absolute Gasteiger partial charge is 0.471 e. The fraction of sp³-hybridized carbons (Fsp3) is 0.308. The predicted molar refractivity (Wildman–Crippen MR) is 193 cm³/mol. The van der Waals surface area contributed by atoms with Crippen LogP contribution >= 0.6 is 11.8 Å². The van der Waals surface area contributed by atoms with E-state index in [0.29, 0.717) is 28.7 Å². The summed E-state index contributed by atoms with van der Waals surface area (Å²) in [5.41, 5.74) is 5.84. The first-order chi connectivity index (χ1) is 26.2. The maximum atomic E-state index is 13.1. The Morgan fingerprint density at radius 3 is 2.37 bits per heavy atom. The number of ether oxygens (including phenoxy) is 2. The van der Waals surface area contributed by atoms with E-state index in [-0.39, 0.29) is 38.3 Å². The second-order valence-electron chi connectivity index (χ2n) is 13.0. The van der Waals surface area contributed by atoms with Crippen molar-refractivity contribution in [3.05, 3.63) is 125 Å². The summed E-state index contributed by atoms with van der Waals surface area (Å²) in [5, 5.41) is 25.2. The molecule has 2 saturated heterocycles.